The number of benzene rings is 3. The molecule has 0 radical (unpaired) electrons. The van der Waals surface area contributed by atoms with E-state index in [1.54, 1.807) is 37.3 Å². The van der Waals surface area contributed by atoms with Gasteiger partial charge in [0.25, 0.3) is 5.91 Å². The fourth-order valence-electron chi connectivity index (χ4n) is 4.10. The van der Waals surface area contributed by atoms with Gasteiger partial charge in [0.15, 0.2) is 0 Å². The Morgan fingerprint density at radius 3 is 2.35 bits per heavy atom. The van der Waals surface area contributed by atoms with Crippen LogP contribution in [-0.4, -0.2) is 44.1 Å². The average molecular weight is 460 g/mol. The van der Waals surface area contributed by atoms with Crippen molar-refractivity contribution < 1.29 is 19.1 Å². The number of ether oxygens (including phenoxy) is 2. The van der Waals surface area contributed by atoms with Crippen molar-refractivity contribution in [3.8, 4) is 11.5 Å². The summed E-state index contributed by atoms with van der Waals surface area (Å²) >= 11 is 0. The Morgan fingerprint density at radius 1 is 0.941 bits per heavy atom. The molecule has 34 heavy (non-hydrogen) atoms. The predicted molar refractivity (Wildman–Crippen MR) is 133 cm³/mol. The first kappa shape index (κ1) is 23.2. The molecule has 1 aliphatic rings. The second kappa shape index (κ2) is 10.3. The molecular formula is C27H29N3O4. The quantitative estimate of drug-likeness (QED) is 0.534. The van der Waals surface area contributed by atoms with Crippen LogP contribution in [0.5, 0.6) is 11.5 Å². The number of carbonyl (C=O) groups is 2. The van der Waals surface area contributed by atoms with E-state index < -0.39 is 0 Å². The van der Waals surface area contributed by atoms with Gasteiger partial charge in [-0.15, -0.1) is 0 Å². The van der Waals surface area contributed by atoms with Gasteiger partial charge in [0, 0.05) is 31.3 Å². The third-order valence-corrected chi connectivity index (χ3v) is 5.98. The molecule has 0 spiro atoms. The summed E-state index contributed by atoms with van der Waals surface area (Å²) in [4.78, 5) is 30.0. The van der Waals surface area contributed by atoms with Gasteiger partial charge in [-0.2, -0.15) is 0 Å². The summed E-state index contributed by atoms with van der Waals surface area (Å²) in [6, 6.07) is 20.4. The number of carbonyl (C=O) groups excluding carboxylic acids is 2. The molecule has 0 saturated carbocycles. The second-order valence-corrected chi connectivity index (χ2v) is 8.21. The Hall–Kier alpha value is -4.00. The van der Waals surface area contributed by atoms with Crippen molar-refractivity contribution in [3.63, 3.8) is 0 Å². The van der Waals surface area contributed by atoms with Crippen LogP contribution in [0.1, 0.15) is 27.9 Å². The van der Waals surface area contributed by atoms with E-state index in [4.69, 9.17) is 9.47 Å². The predicted octanol–water partition coefficient (Wildman–Crippen LogP) is 5.10. The molecule has 4 rings (SSSR count). The van der Waals surface area contributed by atoms with Crippen molar-refractivity contribution in [2.75, 3.05) is 37.5 Å². The number of amides is 3. The van der Waals surface area contributed by atoms with Crippen LogP contribution in [0.25, 0.3) is 0 Å². The molecule has 0 unspecified atom stereocenters. The van der Waals surface area contributed by atoms with E-state index >= 15 is 0 Å². The summed E-state index contributed by atoms with van der Waals surface area (Å²) in [6.45, 7) is 3.63. The number of nitrogens with zero attached hydrogens (tertiary/aromatic N) is 2. The van der Waals surface area contributed by atoms with Gasteiger partial charge in [-0.25, -0.2) is 4.79 Å². The van der Waals surface area contributed by atoms with Gasteiger partial charge in [0.1, 0.15) is 11.5 Å². The minimum absolute atomic E-state index is 0.0985. The summed E-state index contributed by atoms with van der Waals surface area (Å²) in [5, 5.41) is 2.99. The van der Waals surface area contributed by atoms with E-state index in [0.717, 1.165) is 23.3 Å². The maximum Gasteiger partial charge on any atom is 0.324 e. The van der Waals surface area contributed by atoms with Gasteiger partial charge >= 0.3 is 6.03 Å². The zero-order valence-corrected chi connectivity index (χ0v) is 19.7. The maximum absolute atomic E-state index is 13.5. The van der Waals surface area contributed by atoms with E-state index in [-0.39, 0.29) is 11.9 Å². The fourth-order valence-corrected chi connectivity index (χ4v) is 4.10. The highest BCUT2D eigenvalue weighted by molar-refractivity contribution is 6.08. The number of aryl methyl sites for hydroxylation is 1. The van der Waals surface area contributed by atoms with Gasteiger partial charge in [-0.3, -0.25) is 9.69 Å². The lowest BCUT2D eigenvalue weighted by Crippen LogP contribution is -2.49. The van der Waals surface area contributed by atoms with Crippen LogP contribution >= 0.6 is 0 Å². The normalized spacial score (nSPS) is 13.6. The van der Waals surface area contributed by atoms with Crippen molar-refractivity contribution in [2.24, 2.45) is 0 Å². The number of anilines is 2. The number of hydrogen-bond acceptors (Lipinski definition) is 4. The van der Waals surface area contributed by atoms with Crippen LogP contribution in [0, 0.1) is 6.92 Å². The molecule has 3 amide bonds. The first-order chi connectivity index (χ1) is 16.5. The Kier molecular flexibility index (Phi) is 7.01. The van der Waals surface area contributed by atoms with Gasteiger partial charge in [-0.1, -0.05) is 30.3 Å². The Morgan fingerprint density at radius 2 is 1.65 bits per heavy atom. The molecule has 0 aromatic heterocycles. The summed E-state index contributed by atoms with van der Waals surface area (Å²) in [7, 11) is 3.20. The molecule has 1 heterocycles. The first-order valence-corrected chi connectivity index (χ1v) is 11.2. The fraction of sp³-hybridized carbons (Fsp3) is 0.259. The largest absolute Gasteiger partial charge is 0.497 e. The monoisotopic (exact) mass is 459 g/mol. The van der Waals surface area contributed by atoms with Crippen molar-refractivity contribution in [1.82, 2.24) is 4.90 Å². The smallest absolute Gasteiger partial charge is 0.324 e. The van der Waals surface area contributed by atoms with Gasteiger partial charge in [-0.05, 0) is 54.8 Å². The minimum atomic E-state index is -0.229. The van der Waals surface area contributed by atoms with E-state index in [1.165, 1.54) is 0 Å². The van der Waals surface area contributed by atoms with Crippen molar-refractivity contribution in [3.05, 3.63) is 83.4 Å². The third-order valence-electron chi connectivity index (χ3n) is 5.98. The number of urea groups is 1. The molecule has 0 atom stereocenters. The first-order valence-electron chi connectivity index (χ1n) is 11.2. The van der Waals surface area contributed by atoms with Crippen molar-refractivity contribution in [1.29, 1.82) is 0 Å². The lowest BCUT2D eigenvalue weighted by molar-refractivity contribution is 0.102. The van der Waals surface area contributed by atoms with Crippen molar-refractivity contribution in [2.45, 2.75) is 19.9 Å². The van der Waals surface area contributed by atoms with Crippen LogP contribution in [0.2, 0.25) is 0 Å². The lowest BCUT2D eigenvalue weighted by atomic mass is 10.1. The number of nitrogens with one attached hydrogen (secondary N) is 1. The Labute approximate surface area is 199 Å². The van der Waals surface area contributed by atoms with Gasteiger partial charge < -0.3 is 19.7 Å². The molecule has 7 heteroatoms. The van der Waals surface area contributed by atoms with Crippen LogP contribution in [0.4, 0.5) is 16.2 Å². The van der Waals surface area contributed by atoms with Gasteiger partial charge in [0.2, 0.25) is 0 Å². The van der Waals surface area contributed by atoms with Crippen LogP contribution in [0.3, 0.4) is 0 Å². The average Bonchev–Trinajstić information content (AvgIpc) is 2.86. The SMILES string of the molecule is COc1ccc(CN2CCCN(c3ccc(OC)cc3NC(=O)c3ccccc3C)C2=O)cc1. The minimum Gasteiger partial charge on any atom is -0.497 e. The molecule has 1 N–H and O–H groups in total. The molecule has 1 saturated heterocycles. The van der Waals surface area contributed by atoms with Crippen LogP contribution in [-0.2, 0) is 6.54 Å². The van der Waals surface area contributed by atoms with E-state index in [1.807, 2.05) is 60.4 Å². The zero-order chi connectivity index (χ0) is 24.1. The summed E-state index contributed by atoms with van der Waals surface area (Å²) in [5.41, 5.74) is 3.67. The Bertz CT molecular complexity index is 1180. The highest BCUT2D eigenvalue weighted by Gasteiger charge is 2.29. The number of hydrogen-bond donors (Lipinski definition) is 1. The molecule has 176 valence electrons. The Balaban J connectivity index is 1.59. The van der Waals surface area contributed by atoms with E-state index in [0.29, 0.717) is 42.3 Å². The number of methoxy groups -OCH3 is 2. The molecule has 0 bridgehead atoms. The van der Waals surface area contributed by atoms with Crippen LogP contribution < -0.4 is 19.7 Å². The molecule has 3 aromatic carbocycles. The summed E-state index contributed by atoms with van der Waals surface area (Å²) in [5.74, 6) is 1.15. The molecule has 1 fully saturated rings. The summed E-state index contributed by atoms with van der Waals surface area (Å²) < 4.78 is 10.6. The highest BCUT2D eigenvalue weighted by atomic mass is 16.5. The van der Waals surface area contributed by atoms with E-state index in [2.05, 4.69) is 5.32 Å². The van der Waals surface area contributed by atoms with Crippen LogP contribution in [0.15, 0.2) is 66.7 Å². The highest BCUT2D eigenvalue weighted by Crippen LogP contribution is 2.33. The third kappa shape index (κ3) is 4.98. The summed E-state index contributed by atoms with van der Waals surface area (Å²) in [6.07, 6.45) is 0.819. The molecule has 3 aromatic rings. The molecule has 7 nitrogen and oxygen atoms in total. The topological polar surface area (TPSA) is 71.1 Å². The van der Waals surface area contributed by atoms with Crippen molar-refractivity contribution >= 4 is 23.3 Å². The zero-order valence-electron chi connectivity index (χ0n) is 19.7. The molecule has 0 aliphatic carbocycles. The van der Waals surface area contributed by atoms with Gasteiger partial charge in [0.05, 0.1) is 25.6 Å². The second-order valence-electron chi connectivity index (χ2n) is 8.21. The lowest BCUT2D eigenvalue weighted by Gasteiger charge is -2.36. The number of rotatable bonds is 7. The molecule has 1 aliphatic heterocycles. The van der Waals surface area contributed by atoms with E-state index in [9.17, 15) is 9.59 Å². The maximum atomic E-state index is 13.5. The molecular weight excluding hydrogens is 430 g/mol. The standard InChI is InChI=1S/C27H29N3O4/c1-19-7-4-5-8-23(19)26(31)28-24-17-22(34-3)13-14-25(24)30-16-6-15-29(27(30)32)18-20-9-11-21(33-2)12-10-20/h4-5,7-14,17H,6,15-16,18H2,1-3H3,(H,28,31).